The number of methoxy groups -OCH3 is 2. The van der Waals surface area contributed by atoms with Crippen LogP contribution in [0.15, 0.2) is 95.3 Å². The maximum Gasteiger partial charge on any atom is 0.118 e. The van der Waals surface area contributed by atoms with Gasteiger partial charge >= 0.3 is 0 Å². The summed E-state index contributed by atoms with van der Waals surface area (Å²) in [5, 5.41) is 3.11. The smallest absolute Gasteiger partial charge is 0.118 e. The van der Waals surface area contributed by atoms with E-state index in [2.05, 4.69) is 91.9 Å². The summed E-state index contributed by atoms with van der Waals surface area (Å²) in [5.41, 5.74) is 10.8. The maximum atomic E-state index is 5.39. The Hall–Kier alpha value is -3.82. The molecule has 0 aliphatic heterocycles. The minimum atomic E-state index is 0.497. The van der Waals surface area contributed by atoms with Crippen molar-refractivity contribution in [3.63, 3.8) is 0 Å². The van der Waals surface area contributed by atoms with Crippen molar-refractivity contribution in [3.8, 4) is 33.8 Å². The Morgan fingerprint density at radius 1 is 0.711 bits per heavy atom. The molecule has 1 unspecified atom stereocenters. The first-order chi connectivity index (χ1) is 18.7. The number of ether oxygens (including phenoxy) is 2. The number of hydrogen-bond acceptors (Lipinski definition) is 2. The zero-order chi connectivity index (χ0) is 26.1. The van der Waals surface area contributed by atoms with Crippen molar-refractivity contribution in [2.45, 2.75) is 32.1 Å². The number of fused-ring (bicyclic) bond motifs is 2. The predicted octanol–water partition coefficient (Wildman–Crippen LogP) is 8.58. The largest absolute Gasteiger partial charge is 0.497 e. The molecule has 6 rings (SSSR count). The van der Waals surface area contributed by atoms with Gasteiger partial charge < -0.3 is 9.47 Å². The molecule has 0 amide bonds. The van der Waals surface area contributed by atoms with E-state index >= 15 is 0 Å². The highest BCUT2D eigenvalue weighted by atomic mass is 28.2. The lowest BCUT2D eigenvalue weighted by Gasteiger charge is -2.17. The van der Waals surface area contributed by atoms with Crippen LogP contribution in [0.4, 0.5) is 0 Å². The van der Waals surface area contributed by atoms with Crippen LogP contribution in [-0.2, 0) is 6.42 Å². The average Bonchev–Trinajstić information content (AvgIpc) is 3.54. The van der Waals surface area contributed by atoms with E-state index in [0.29, 0.717) is 15.4 Å². The monoisotopic (exact) mass is 512 g/mol. The Balaban J connectivity index is 1.32. The summed E-state index contributed by atoms with van der Waals surface area (Å²) >= 11 is 0. The number of hydrogen-bond donors (Lipinski definition) is 0. The molecule has 0 heterocycles. The zero-order valence-corrected chi connectivity index (χ0v) is 23.3. The Kier molecular flexibility index (Phi) is 6.78. The Morgan fingerprint density at radius 2 is 1.32 bits per heavy atom. The van der Waals surface area contributed by atoms with E-state index in [0.717, 1.165) is 17.9 Å². The van der Waals surface area contributed by atoms with Gasteiger partial charge in [0.05, 0.1) is 14.2 Å². The molecule has 2 radical (unpaired) electrons. The van der Waals surface area contributed by atoms with Crippen LogP contribution < -0.4 is 9.47 Å². The molecule has 0 fully saturated rings. The molecule has 0 saturated heterocycles. The van der Waals surface area contributed by atoms with Crippen LogP contribution >= 0.6 is 0 Å². The summed E-state index contributed by atoms with van der Waals surface area (Å²) in [6.45, 7) is 2.30. The lowest BCUT2D eigenvalue weighted by molar-refractivity contribution is 0.415. The Morgan fingerprint density at radius 3 is 1.92 bits per heavy atom. The third-order valence-electron chi connectivity index (χ3n) is 7.77. The second kappa shape index (κ2) is 10.5. The number of rotatable bonds is 8. The molecule has 0 aromatic heterocycles. The van der Waals surface area contributed by atoms with Crippen molar-refractivity contribution >= 4 is 21.7 Å². The van der Waals surface area contributed by atoms with E-state index < -0.39 is 0 Å². The second-order valence-electron chi connectivity index (χ2n) is 10.1. The van der Waals surface area contributed by atoms with Crippen LogP contribution in [0.3, 0.4) is 0 Å². The maximum absolute atomic E-state index is 5.39. The van der Waals surface area contributed by atoms with Gasteiger partial charge in [-0.05, 0) is 81.6 Å². The van der Waals surface area contributed by atoms with Gasteiger partial charge in [-0.2, -0.15) is 0 Å². The molecule has 4 aromatic carbocycles. The molecule has 3 heteroatoms. The molecular formula is C35H32O2Si. The first-order valence-electron chi connectivity index (χ1n) is 13.4. The molecule has 2 aliphatic carbocycles. The lowest BCUT2D eigenvalue weighted by Crippen LogP contribution is -2.08. The first-order valence-corrected chi connectivity index (χ1v) is 14.4. The van der Waals surface area contributed by atoms with Crippen LogP contribution in [0.25, 0.3) is 34.4 Å². The van der Waals surface area contributed by atoms with E-state index in [4.69, 9.17) is 9.47 Å². The number of benzene rings is 4. The molecule has 2 nitrogen and oxygen atoms in total. The normalized spacial score (nSPS) is 15.5. The average molecular weight is 513 g/mol. The molecule has 0 N–H and O–H groups in total. The highest BCUT2D eigenvalue weighted by Gasteiger charge is 2.28. The standard InChI is InChI=1S/C35H32O2Si/c1-4-7-32-31-11-6-10-30(24-14-18-27(37-3)19-15-24)34(31)22-35(32)38-28-20-25-8-5-9-29(33(25)21-28)23-12-16-26(36-2)17-13-23/h5-6,8-19,21-22,32H,4,7,20H2,1-3H3. The van der Waals surface area contributed by atoms with Crippen molar-refractivity contribution in [1.82, 2.24) is 0 Å². The third-order valence-corrected chi connectivity index (χ3v) is 9.19. The van der Waals surface area contributed by atoms with Crippen LogP contribution in [-0.4, -0.2) is 23.7 Å². The van der Waals surface area contributed by atoms with E-state index in [1.807, 2.05) is 12.1 Å². The van der Waals surface area contributed by atoms with E-state index in [-0.39, 0.29) is 0 Å². The molecule has 0 spiro atoms. The lowest BCUT2D eigenvalue weighted by atomic mass is 9.92. The highest BCUT2D eigenvalue weighted by molar-refractivity contribution is 6.57. The molecule has 4 aromatic rings. The van der Waals surface area contributed by atoms with Crippen molar-refractivity contribution in [2.75, 3.05) is 14.2 Å². The van der Waals surface area contributed by atoms with E-state index in [9.17, 15) is 0 Å². The van der Waals surface area contributed by atoms with Crippen LogP contribution in [0, 0.1) is 0 Å². The van der Waals surface area contributed by atoms with Gasteiger partial charge in [-0.1, -0.05) is 96.6 Å². The van der Waals surface area contributed by atoms with Crippen LogP contribution in [0.2, 0.25) is 0 Å². The molecule has 38 heavy (non-hydrogen) atoms. The van der Waals surface area contributed by atoms with Gasteiger partial charge in [-0.25, -0.2) is 0 Å². The summed E-state index contributed by atoms with van der Waals surface area (Å²) in [4.78, 5) is 0. The van der Waals surface area contributed by atoms with Crippen LogP contribution in [0.1, 0.15) is 47.9 Å². The van der Waals surface area contributed by atoms with Gasteiger partial charge in [0.2, 0.25) is 0 Å². The van der Waals surface area contributed by atoms with Gasteiger partial charge in [0.15, 0.2) is 0 Å². The highest BCUT2D eigenvalue weighted by Crippen LogP contribution is 2.44. The topological polar surface area (TPSA) is 18.5 Å². The van der Waals surface area contributed by atoms with Gasteiger partial charge in [0.1, 0.15) is 21.0 Å². The van der Waals surface area contributed by atoms with Gasteiger partial charge in [0.25, 0.3) is 0 Å². The summed E-state index contributed by atoms with van der Waals surface area (Å²) in [6, 6.07) is 30.5. The predicted molar refractivity (Wildman–Crippen MR) is 160 cm³/mol. The Labute approximate surface area is 228 Å². The van der Waals surface area contributed by atoms with Gasteiger partial charge in [-0.15, -0.1) is 0 Å². The Bertz CT molecular complexity index is 1530. The molecule has 0 bridgehead atoms. The fraction of sp³-hybridized carbons (Fsp3) is 0.200. The van der Waals surface area contributed by atoms with Gasteiger partial charge in [-0.3, -0.25) is 0 Å². The van der Waals surface area contributed by atoms with Crippen molar-refractivity contribution in [1.29, 1.82) is 0 Å². The van der Waals surface area contributed by atoms with E-state index in [1.165, 1.54) is 62.5 Å². The number of allylic oxidation sites excluding steroid dienone is 2. The van der Waals surface area contributed by atoms with Crippen molar-refractivity contribution < 1.29 is 9.47 Å². The van der Waals surface area contributed by atoms with Crippen molar-refractivity contribution in [3.05, 3.63) is 118 Å². The SMILES string of the molecule is CCCC1C([Si]C2=Cc3c(cccc3-c3ccc(OC)cc3)C2)=Cc2c(-c3ccc(OC)cc3)cccc21. The fourth-order valence-corrected chi connectivity index (χ4v) is 7.43. The van der Waals surface area contributed by atoms with Gasteiger partial charge in [0, 0.05) is 5.92 Å². The molecule has 0 saturated carbocycles. The van der Waals surface area contributed by atoms with Crippen molar-refractivity contribution in [2.24, 2.45) is 0 Å². The minimum Gasteiger partial charge on any atom is -0.497 e. The quantitative estimate of drug-likeness (QED) is 0.220. The molecule has 1 atom stereocenters. The van der Waals surface area contributed by atoms with E-state index in [1.54, 1.807) is 19.4 Å². The fourth-order valence-electron chi connectivity index (χ4n) is 5.87. The third kappa shape index (κ3) is 4.52. The molecular weight excluding hydrogens is 480 g/mol. The second-order valence-corrected chi connectivity index (χ2v) is 11.5. The van der Waals surface area contributed by atoms with Crippen LogP contribution in [0.5, 0.6) is 11.5 Å². The summed E-state index contributed by atoms with van der Waals surface area (Å²) < 4.78 is 10.8. The summed E-state index contributed by atoms with van der Waals surface area (Å²) in [5.74, 6) is 2.28. The molecule has 188 valence electrons. The molecule has 2 aliphatic rings. The summed E-state index contributed by atoms with van der Waals surface area (Å²) in [6.07, 6.45) is 8.37. The minimum absolute atomic E-state index is 0.497. The zero-order valence-electron chi connectivity index (χ0n) is 22.3. The first kappa shape index (κ1) is 24.5. The summed E-state index contributed by atoms with van der Waals surface area (Å²) in [7, 11) is 4.14.